The van der Waals surface area contributed by atoms with Crippen LogP contribution in [0.1, 0.15) is 17.9 Å². The Labute approximate surface area is 89.8 Å². The molecule has 0 spiro atoms. The zero-order valence-electron chi connectivity index (χ0n) is 7.50. The first-order valence-corrected chi connectivity index (χ1v) is 4.64. The second kappa shape index (κ2) is 3.62. The molecule has 1 aromatic carbocycles. The Morgan fingerprint density at radius 3 is 2.60 bits per heavy atom. The van der Waals surface area contributed by atoms with Gasteiger partial charge < -0.3 is 4.74 Å². The lowest BCUT2D eigenvalue weighted by molar-refractivity contribution is -0.152. The van der Waals surface area contributed by atoms with Crippen molar-refractivity contribution in [2.75, 3.05) is 0 Å². The van der Waals surface area contributed by atoms with Crippen LogP contribution in [-0.2, 0) is 14.3 Å². The number of ether oxygens (including phenoxy) is 1. The highest BCUT2D eigenvalue weighted by Gasteiger charge is 2.34. The van der Waals surface area contributed by atoms with Crippen molar-refractivity contribution in [3.05, 3.63) is 34.6 Å². The maximum atomic E-state index is 13.0. The average Bonchev–Trinajstić information content (AvgIpc) is 2.43. The first-order chi connectivity index (χ1) is 7.06. The van der Waals surface area contributed by atoms with E-state index < -0.39 is 23.7 Å². The van der Waals surface area contributed by atoms with Gasteiger partial charge in [-0.05, 0) is 23.8 Å². The molecule has 0 bridgehead atoms. The fourth-order valence-corrected chi connectivity index (χ4v) is 1.74. The molecule has 1 fully saturated rings. The summed E-state index contributed by atoms with van der Waals surface area (Å²) in [5.74, 6) is -2.51. The highest BCUT2D eigenvalue weighted by Crippen LogP contribution is 2.29. The molecule has 0 saturated carbocycles. The van der Waals surface area contributed by atoms with Crippen LogP contribution in [0, 0.1) is 5.82 Å². The van der Waals surface area contributed by atoms with E-state index in [1.54, 1.807) is 0 Å². The molecule has 15 heavy (non-hydrogen) atoms. The lowest BCUT2D eigenvalue weighted by Crippen LogP contribution is -2.05. The molecule has 0 radical (unpaired) electrons. The molecule has 2 rings (SSSR count). The monoisotopic (exact) mass is 228 g/mol. The predicted octanol–water partition coefficient (Wildman–Crippen LogP) is 2.04. The zero-order valence-corrected chi connectivity index (χ0v) is 8.25. The molecule has 0 aliphatic carbocycles. The van der Waals surface area contributed by atoms with Gasteiger partial charge >= 0.3 is 11.9 Å². The van der Waals surface area contributed by atoms with Crippen LogP contribution in [0.25, 0.3) is 0 Å². The summed E-state index contributed by atoms with van der Waals surface area (Å²) < 4.78 is 17.3. The van der Waals surface area contributed by atoms with Crippen LogP contribution in [0.4, 0.5) is 4.39 Å². The van der Waals surface area contributed by atoms with Gasteiger partial charge in [0.2, 0.25) is 0 Å². The van der Waals surface area contributed by atoms with Gasteiger partial charge in [0, 0.05) is 5.02 Å². The van der Waals surface area contributed by atoms with Crippen LogP contribution < -0.4 is 0 Å². The zero-order chi connectivity index (χ0) is 11.0. The molecule has 1 aliphatic heterocycles. The third-order valence-electron chi connectivity index (χ3n) is 2.16. The number of hydrogen-bond donors (Lipinski definition) is 0. The van der Waals surface area contributed by atoms with Crippen LogP contribution >= 0.6 is 11.6 Å². The molecule has 1 atom stereocenters. The Hall–Kier alpha value is -1.42. The molecule has 1 aliphatic rings. The van der Waals surface area contributed by atoms with E-state index in [-0.39, 0.29) is 11.4 Å². The molecular weight excluding hydrogens is 223 g/mol. The quantitative estimate of drug-likeness (QED) is 0.546. The van der Waals surface area contributed by atoms with Gasteiger partial charge in [0.1, 0.15) is 5.82 Å². The van der Waals surface area contributed by atoms with E-state index >= 15 is 0 Å². The van der Waals surface area contributed by atoms with Gasteiger partial charge in [-0.1, -0.05) is 11.6 Å². The molecular formula is C10H6ClFO3. The molecule has 78 valence electrons. The highest BCUT2D eigenvalue weighted by molar-refractivity contribution is 6.30. The van der Waals surface area contributed by atoms with Crippen molar-refractivity contribution in [1.29, 1.82) is 0 Å². The fourth-order valence-electron chi connectivity index (χ4n) is 1.51. The summed E-state index contributed by atoms with van der Waals surface area (Å²) in [6.45, 7) is 0. The summed E-state index contributed by atoms with van der Waals surface area (Å²) in [7, 11) is 0. The minimum atomic E-state index is -0.731. The second-order valence-electron chi connectivity index (χ2n) is 3.25. The van der Waals surface area contributed by atoms with E-state index in [0.717, 1.165) is 6.07 Å². The van der Waals surface area contributed by atoms with Crippen LogP contribution in [0.5, 0.6) is 0 Å². The molecule has 0 amide bonds. The molecule has 0 N–H and O–H groups in total. The van der Waals surface area contributed by atoms with Crippen molar-refractivity contribution in [3.63, 3.8) is 0 Å². The first-order valence-electron chi connectivity index (χ1n) is 4.27. The summed E-state index contributed by atoms with van der Waals surface area (Å²) in [4.78, 5) is 22.0. The molecule has 1 aromatic rings. The van der Waals surface area contributed by atoms with E-state index in [2.05, 4.69) is 4.74 Å². The van der Waals surface area contributed by atoms with E-state index in [0.29, 0.717) is 5.56 Å². The van der Waals surface area contributed by atoms with E-state index in [4.69, 9.17) is 11.6 Å². The SMILES string of the molecule is O=C1CC(c2cc(F)cc(Cl)c2)C(=O)O1. The van der Waals surface area contributed by atoms with Gasteiger partial charge in [-0.2, -0.15) is 0 Å². The Kier molecular flexibility index (Phi) is 2.44. The van der Waals surface area contributed by atoms with Crippen LogP contribution in [0.2, 0.25) is 5.02 Å². The van der Waals surface area contributed by atoms with Gasteiger partial charge in [0.15, 0.2) is 0 Å². The van der Waals surface area contributed by atoms with E-state index in [9.17, 15) is 14.0 Å². The Morgan fingerprint density at radius 2 is 2.07 bits per heavy atom. The van der Waals surface area contributed by atoms with Crippen molar-refractivity contribution in [1.82, 2.24) is 0 Å². The predicted molar refractivity (Wildman–Crippen MR) is 49.9 cm³/mol. The number of halogens is 2. The largest absolute Gasteiger partial charge is 0.393 e. The Balaban J connectivity index is 2.37. The van der Waals surface area contributed by atoms with Gasteiger partial charge in [-0.15, -0.1) is 0 Å². The van der Waals surface area contributed by atoms with Crippen LogP contribution in [-0.4, -0.2) is 11.9 Å². The minimum absolute atomic E-state index is 0.0569. The van der Waals surface area contributed by atoms with E-state index in [1.807, 2.05) is 0 Å². The Morgan fingerprint density at radius 1 is 1.33 bits per heavy atom. The molecule has 0 aromatic heterocycles. The molecule has 5 heteroatoms. The second-order valence-corrected chi connectivity index (χ2v) is 3.69. The third kappa shape index (κ3) is 1.99. The van der Waals surface area contributed by atoms with Crippen LogP contribution in [0.3, 0.4) is 0 Å². The topological polar surface area (TPSA) is 43.4 Å². The maximum absolute atomic E-state index is 13.0. The number of carbonyl (C=O) groups is 2. The van der Waals surface area contributed by atoms with Crippen molar-refractivity contribution in [3.8, 4) is 0 Å². The maximum Gasteiger partial charge on any atom is 0.321 e. The third-order valence-corrected chi connectivity index (χ3v) is 2.38. The number of rotatable bonds is 1. The molecule has 1 unspecified atom stereocenters. The lowest BCUT2D eigenvalue weighted by Gasteiger charge is -2.05. The summed E-state index contributed by atoms with van der Waals surface area (Å²) in [6, 6.07) is 3.76. The molecule has 3 nitrogen and oxygen atoms in total. The minimum Gasteiger partial charge on any atom is -0.393 e. The summed E-state index contributed by atoms with van der Waals surface area (Å²) in [5.41, 5.74) is 0.371. The molecule has 1 saturated heterocycles. The van der Waals surface area contributed by atoms with Gasteiger partial charge in [0.25, 0.3) is 0 Å². The number of carbonyl (C=O) groups excluding carboxylic acids is 2. The summed E-state index contributed by atoms with van der Waals surface area (Å²) in [6.07, 6.45) is -0.0569. The van der Waals surface area contributed by atoms with Crippen molar-refractivity contribution in [2.45, 2.75) is 12.3 Å². The number of esters is 2. The van der Waals surface area contributed by atoms with Crippen molar-refractivity contribution >= 4 is 23.5 Å². The van der Waals surface area contributed by atoms with Crippen molar-refractivity contribution in [2.24, 2.45) is 0 Å². The van der Waals surface area contributed by atoms with Gasteiger partial charge in [-0.25, -0.2) is 4.39 Å². The average molecular weight is 229 g/mol. The van der Waals surface area contributed by atoms with Crippen molar-refractivity contribution < 1.29 is 18.7 Å². The van der Waals surface area contributed by atoms with Gasteiger partial charge in [0.05, 0.1) is 12.3 Å². The summed E-state index contributed by atoms with van der Waals surface area (Å²) in [5, 5.41) is 0.192. The standard InChI is InChI=1S/C10H6ClFO3/c11-6-1-5(2-7(12)3-6)8-4-9(13)15-10(8)14/h1-3,8H,4H2. The fraction of sp³-hybridized carbons (Fsp3) is 0.200. The smallest absolute Gasteiger partial charge is 0.321 e. The number of benzene rings is 1. The number of hydrogen-bond acceptors (Lipinski definition) is 3. The van der Waals surface area contributed by atoms with E-state index in [1.165, 1.54) is 12.1 Å². The van der Waals surface area contributed by atoms with Gasteiger partial charge in [-0.3, -0.25) is 9.59 Å². The van der Waals surface area contributed by atoms with Crippen LogP contribution in [0.15, 0.2) is 18.2 Å². The number of cyclic esters (lactones) is 2. The molecule has 1 heterocycles. The normalized spacial score (nSPS) is 20.5. The lowest BCUT2D eigenvalue weighted by atomic mass is 9.98. The summed E-state index contributed by atoms with van der Waals surface area (Å²) >= 11 is 5.64. The Bertz CT molecular complexity index is 424. The highest BCUT2D eigenvalue weighted by atomic mass is 35.5. The first kappa shape index (κ1) is 10.1.